The summed E-state index contributed by atoms with van der Waals surface area (Å²) in [6.07, 6.45) is 3.35. The zero-order valence-electron chi connectivity index (χ0n) is 11.1. The topological polar surface area (TPSA) is 81.2 Å². The molecule has 0 atom stereocenters. The molecule has 0 unspecified atom stereocenters. The number of nitrogens with two attached hydrogens (primary N) is 1. The number of rotatable bonds is 6. The SMILES string of the molecule is Cc1nc2cc(NC(=O)CCCCCN)ccc2o1. The van der Waals surface area contributed by atoms with E-state index in [2.05, 4.69) is 10.3 Å². The second kappa shape index (κ2) is 6.33. The number of hydrogen-bond donors (Lipinski definition) is 2. The molecule has 0 aliphatic carbocycles. The number of fused-ring (bicyclic) bond motifs is 1. The van der Waals surface area contributed by atoms with Crippen molar-refractivity contribution in [3.05, 3.63) is 24.1 Å². The van der Waals surface area contributed by atoms with Gasteiger partial charge in [-0.2, -0.15) is 0 Å². The van der Waals surface area contributed by atoms with Gasteiger partial charge in [0.1, 0.15) is 5.52 Å². The first kappa shape index (κ1) is 13.5. The molecule has 0 aliphatic heterocycles. The van der Waals surface area contributed by atoms with Gasteiger partial charge in [0, 0.05) is 19.0 Å². The number of nitrogens with zero attached hydrogens (tertiary/aromatic N) is 1. The van der Waals surface area contributed by atoms with E-state index in [9.17, 15) is 4.79 Å². The van der Waals surface area contributed by atoms with E-state index in [4.69, 9.17) is 10.2 Å². The molecule has 5 heteroatoms. The molecular formula is C14H19N3O2. The van der Waals surface area contributed by atoms with Gasteiger partial charge in [0.25, 0.3) is 0 Å². The van der Waals surface area contributed by atoms with Crippen molar-refractivity contribution in [2.45, 2.75) is 32.6 Å². The van der Waals surface area contributed by atoms with Crippen LogP contribution in [0.4, 0.5) is 5.69 Å². The lowest BCUT2D eigenvalue weighted by atomic mass is 10.2. The zero-order chi connectivity index (χ0) is 13.7. The Hall–Kier alpha value is -1.88. The number of nitrogens with one attached hydrogen (secondary N) is 1. The molecule has 102 valence electrons. The van der Waals surface area contributed by atoms with Gasteiger partial charge in [-0.3, -0.25) is 4.79 Å². The van der Waals surface area contributed by atoms with E-state index in [1.807, 2.05) is 18.2 Å². The quantitative estimate of drug-likeness (QED) is 0.783. The highest BCUT2D eigenvalue weighted by Crippen LogP contribution is 2.19. The van der Waals surface area contributed by atoms with Crippen molar-refractivity contribution in [1.29, 1.82) is 0 Å². The van der Waals surface area contributed by atoms with Gasteiger partial charge in [-0.1, -0.05) is 6.42 Å². The molecule has 1 heterocycles. The second-order valence-electron chi connectivity index (χ2n) is 4.56. The van der Waals surface area contributed by atoms with Crippen molar-refractivity contribution in [2.24, 2.45) is 5.73 Å². The van der Waals surface area contributed by atoms with E-state index in [1.165, 1.54) is 0 Å². The highest BCUT2D eigenvalue weighted by Gasteiger charge is 2.06. The smallest absolute Gasteiger partial charge is 0.224 e. The molecule has 1 aromatic heterocycles. The summed E-state index contributed by atoms with van der Waals surface area (Å²) in [5, 5.41) is 2.87. The number of anilines is 1. The van der Waals surface area contributed by atoms with Gasteiger partial charge >= 0.3 is 0 Å². The van der Waals surface area contributed by atoms with Crippen LogP contribution in [0.5, 0.6) is 0 Å². The van der Waals surface area contributed by atoms with Crippen LogP contribution in [0.2, 0.25) is 0 Å². The minimum atomic E-state index is 0.0246. The van der Waals surface area contributed by atoms with Gasteiger partial charge < -0.3 is 15.5 Å². The minimum Gasteiger partial charge on any atom is -0.441 e. The largest absolute Gasteiger partial charge is 0.441 e. The van der Waals surface area contributed by atoms with E-state index < -0.39 is 0 Å². The third kappa shape index (κ3) is 3.79. The number of aryl methyl sites for hydroxylation is 1. The van der Waals surface area contributed by atoms with Crippen LogP contribution in [0.25, 0.3) is 11.1 Å². The molecule has 2 aromatic rings. The Balaban J connectivity index is 1.91. The molecule has 0 bridgehead atoms. The fourth-order valence-electron chi connectivity index (χ4n) is 1.95. The Morgan fingerprint density at radius 3 is 3.00 bits per heavy atom. The highest BCUT2D eigenvalue weighted by molar-refractivity contribution is 5.92. The number of carbonyl (C=O) groups is 1. The monoisotopic (exact) mass is 261 g/mol. The number of aromatic nitrogens is 1. The predicted molar refractivity (Wildman–Crippen MR) is 74.9 cm³/mol. The van der Waals surface area contributed by atoms with Gasteiger partial charge in [-0.25, -0.2) is 4.98 Å². The fraction of sp³-hybridized carbons (Fsp3) is 0.429. The predicted octanol–water partition coefficient (Wildman–Crippen LogP) is 2.59. The number of oxazole rings is 1. The molecule has 0 spiro atoms. The summed E-state index contributed by atoms with van der Waals surface area (Å²) in [6.45, 7) is 2.49. The normalized spacial score (nSPS) is 10.8. The molecule has 0 fully saturated rings. The van der Waals surface area contributed by atoms with Crippen molar-refractivity contribution < 1.29 is 9.21 Å². The Bertz CT molecular complexity index is 563. The van der Waals surface area contributed by atoms with Gasteiger partial charge in [-0.15, -0.1) is 0 Å². The van der Waals surface area contributed by atoms with Crippen LogP contribution in [-0.4, -0.2) is 17.4 Å². The maximum absolute atomic E-state index is 11.7. The standard InChI is InChI=1S/C14H19N3O2/c1-10-16-12-9-11(6-7-13(12)19-10)17-14(18)5-3-2-4-8-15/h6-7,9H,2-5,8,15H2,1H3,(H,17,18). The first-order chi connectivity index (χ1) is 9.19. The highest BCUT2D eigenvalue weighted by atomic mass is 16.3. The number of benzene rings is 1. The second-order valence-corrected chi connectivity index (χ2v) is 4.56. The van der Waals surface area contributed by atoms with E-state index >= 15 is 0 Å². The zero-order valence-corrected chi connectivity index (χ0v) is 11.1. The summed E-state index contributed by atoms with van der Waals surface area (Å²) < 4.78 is 5.38. The summed E-state index contributed by atoms with van der Waals surface area (Å²) in [5.41, 5.74) is 7.66. The summed E-state index contributed by atoms with van der Waals surface area (Å²) >= 11 is 0. The lowest BCUT2D eigenvalue weighted by Gasteiger charge is -2.04. The van der Waals surface area contributed by atoms with Crippen LogP contribution in [-0.2, 0) is 4.79 Å². The molecular weight excluding hydrogens is 242 g/mol. The van der Waals surface area contributed by atoms with Crippen LogP contribution in [0.1, 0.15) is 31.6 Å². The van der Waals surface area contributed by atoms with Crippen molar-refractivity contribution in [2.75, 3.05) is 11.9 Å². The molecule has 3 N–H and O–H groups in total. The lowest BCUT2D eigenvalue weighted by Crippen LogP contribution is -2.11. The first-order valence-electron chi connectivity index (χ1n) is 6.56. The van der Waals surface area contributed by atoms with Crippen molar-refractivity contribution in [3.8, 4) is 0 Å². The Kier molecular flexibility index (Phi) is 4.52. The van der Waals surface area contributed by atoms with Gasteiger partial charge in [-0.05, 0) is 37.6 Å². The van der Waals surface area contributed by atoms with Crippen molar-refractivity contribution >= 4 is 22.7 Å². The van der Waals surface area contributed by atoms with E-state index in [1.54, 1.807) is 6.92 Å². The molecule has 0 radical (unpaired) electrons. The average molecular weight is 261 g/mol. The first-order valence-corrected chi connectivity index (χ1v) is 6.56. The van der Waals surface area contributed by atoms with Crippen LogP contribution < -0.4 is 11.1 Å². The molecule has 0 saturated heterocycles. The number of carbonyl (C=O) groups excluding carboxylic acids is 1. The Morgan fingerprint density at radius 2 is 2.21 bits per heavy atom. The average Bonchev–Trinajstić information content (AvgIpc) is 2.74. The van der Waals surface area contributed by atoms with E-state index in [0.717, 1.165) is 36.0 Å². The Morgan fingerprint density at radius 1 is 1.37 bits per heavy atom. The van der Waals surface area contributed by atoms with Crippen LogP contribution >= 0.6 is 0 Å². The number of unbranched alkanes of at least 4 members (excludes halogenated alkanes) is 2. The van der Waals surface area contributed by atoms with Crippen LogP contribution in [0.3, 0.4) is 0 Å². The number of hydrogen-bond acceptors (Lipinski definition) is 4. The Labute approximate surface area is 112 Å². The molecule has 5 nitrogen and oxygen atoms in total. The summed E-state index contributed by atoms with van der Waals surface area (Å²) in [5.74, 6) is 0.650. The summed E-state index contributed by atoms with van der Waals surface area (Å²) in [7, 11) is 0. The van der Waals surface area contributed by atoms with E-state index in [0.29, 0.717) is 18.9 Å². The molecule has 1 amide bonds. The molecule has 19 heavy (non-hydrogen) atoms. The van der Waals surface area contributed by atoms with Gasteiger partial charge in [0.2, 0.25) is 5.91 Å². The van der Waals surface area contributed by atoms with Gasteiger partial charge in [0.05, 0.1) is 0 Å². The third-order valence-electron chi connectivity index (χ3n) is 2.89. The minimum absolute atomic E-state index is 0.0246. The molecule has 0 saturated carbocycles. The van der Waals surface area contributed by atoms with Crippen molar-refractivity contribution in [1.82, 2.24) is 4.98 Å². The molecule has 1 aromatic carbocycles. The third-order valence-corrected chi connectivity index (χ3v) is 2.89. The van der Waals surface area contributed by atoms with Crippen molar-refractivity contribution in [3.63, 3.8) is 0 Å². The number of amides is 1. The maximum Gasteiger partial charge on any atom is 0.224 e. The summed E-state index contributed by atoms with van der Waals surface area (Å²) in [6, 6.07) is 5.47. The van der Waals surface area contributed by atoms with Crippen LogP contribution in [0.15, 0.2) is 22.6 Å². The van der Waals surface area contributed by atoms with E-state index in [-0.39, 0.29) is 5.91 Å². The lowest BCUT2D eigenvalue weighted by molar-refractivity contribution is -0.116. The fourth-order valence-corrected chi connectivity index (χ4v) is 1.95. The van der Waals surface area contributed by atoms with Gasteiger partial charge in [0.15, 0.2) is 11.5 Å². The maximum atomic E-state index is 11.7. The molecule has 0 aliphatic rings. The van der Waals surface area contributed by atoms with Crippen LogP contribution in [0, 0.1) is 6.92 Å². The molecule has 2 rings (SSSR count). The summed E-state index contributed by atoms with van der Waals surface area (Å²) in [4.78, 5) is 16.0.